The maximum absolute atomic E-state index is 2.52. The lowest BCUT2D eigenvalue weighted by Gasteiger charge is -2.03. The smallest absolute Gasteiger partial charge is 0.0626 e. The van der Waals surface area contributed by atoms with Crippen LogP contribution in [0.3, 0.4) is 0 Å². The summed E-state index contributed by atoms with van der Waals surface area (Å²) in [6.45, 7) is 0. The van der Waals surface area contributed by atoms with Crippen LogP contribution in [0.25, 0.3) is 0 Å². The summed E-state index contributed by atoms with van der Waals surface area (Å²) in [6, 6.07) is 0. The molecule has 0 amide bonds. The minimum Gasteiger partial charge on any atom is -0.0864 e. The van der Waals surface area contributed by atoms with E-state index < -0.39 is 0 Å². The van der Waals surface area contributed by atoms with Crippen LogP contribution in [0.4, 0.5) is 0 Å². The molecule has 104 valence electrons. The topological polar surface area (TPSA) is 0 Å². The van der Waals surface area contributed by atoms with Gasteiger partial charge in [-0.05, 0) is 17.3 Å². The Bertz CT molecular complexity index is 137. The highest BCUT2D eigenvalue weighted by atomic mass is 127. The minimum absolute atomic E-state index is 0.841. The summed E-state index contributed by atoms with van der Waals surface area (Å²) in [7, 11) is 0. The lowest BCUT2D eigenvalue weighted by atomic mass is 10.1. The number of unbranched alkanes of at least 4 members (excludes halogenated alkanes) is 10. The summed E-state index contributed by atoms with van der Waals surface area (Å²) in [5.74, 6) is 0. The second-order valence-electron chi connectivity index (χ2n) is 4.76. The molecule has 0 nitrogen and oxygen atoms in total. The van der Waals surface area contributed by atoms with Gasteiger partial charge in [0.25, 0.3) is 0 Å². The normalized spacial score (nSPS) is 11.3. The van der Waals surface area contributed by atoms with Crippen LogP contribution in [-0.2, 0) is 0 Å². The predicted octanol–water partition coefficient (Wildman–Crippen LogP) is 7.30. The highest BCUT2D eigenvalue weighted by molar-refractivity contribution is 14.2. The van der Waals surface area contributed by atoms with E-state index in [4.69, 9.17) is 0 Å². The average Bonchev–Trinajstić information content (AvgIpc) is 2.30. The van der Waals surface area contributed by atoms with Gasteiger partial charge in [0.05, 0.1) is 1.93 Å². The Kier molecular flexibility index (Phi) is 18.3. The molecule has 0 unspecified atom stereocenters. The molecule has 0 atom stereocenters. The van der Waals surface area contributed by atoms with Crippen molar-refractivity contribution in [2.45, 2.75) is 79.0 Å². The Hall–Kier alpha value is 2.19. The Morgan fingerprint density at radius 1 is 0.529 bits per heavy atom. The van der Waals surface area contributed by atoms with Crippen molar-refractivity contribution in [3.05, 3.63) is 0 Å². The van der Waals surface area contributed by atoms with Crippen molar-refractivity contribution in [3.8, 4) is 0 Å². The molecule has 0 saturated heterocycles. The van der Waals surface area contributed by atoms with Gasteiger partial charge in [-0.1, -0.05) is 132 Å². The van der Waals surface area contributed by atoms with Gasteiger partial charge in [0, 0.05) is 0 Å². The molecule has 0 rings (SSSR count). The van der Waals surface area contributed by atoms with Crippen molar-refractivity contribution >= 4 is 67.8 Å². The van der Waals surface area contributed by atoms with E-state index in [0.29, 0.717) is 0 Å². The Balaban J connectivity index is 2.89. The van der Waals surface area contributed by atoms with Gasteiger partial charge in [0.15, 0.2) is 0 Å². The predicted molar refractivity (Wildman–Crippen MR) is 106 cm³/mol. The summed E-state index contributed by atoms with van der Waals surface area (Å²) in [5.41, 5.74) is 0. The zero-order valence-electron chi connectivity index (χ0n) is 10.9. The molecular formula is C14H27I3. The maximum Gasteiger partial charge on any atom is 0.0626 e. The van der Waals surface area contributed by atoms with Crippen LogP contribution < -0.4 is 0 Å². The zero-order valence-corrected chi connectivity index (χ0v) is 17.4. The van der Waals surface area contributed by atoms with Gasteiger partial charge in [0.1, 0.15) is 0 Å². The molecule has 0 aliphatic heterocycles. The molecule has 3 heteroatoms. The number of halogens is 3. The maximum atomic E-state index is 2.52. The fraction of sp³-hybridized carbons (Fsp3) is 1.00. The number of hydrogen-bond acceptors (Lipinski definition) is 0. The minimum atomic E-state index is 0.841. The summed E-state index contributed by atoms with van der Waals surface area (Å²) >= 11 is 7.52. The largest absolute Gasteiger partial charge is 0.0864 e. The first-order valence-corrected chi connectivity index (χ1v) is 11.1. The molecule has 0 aromatic rings. The Morgan fingerprint density at radius 3 is 1.24 bits per heavy atom. The molecule has 0 radical (unpaired) electrons. The van der Waals surface area contributed by atoms with Crippen molar-refractivity contribution in [2.75, 3.05) is 4.43 Å². The van der Waals surface area contributed by atoms with Crippen molar-refractivity contribution in [1.29, 1.82) is 0 Å². The zero-order chi connectivity index (χ0) is 12.8. The lowest BCUT2D eigenvalue weighted by Crippen LogP contribution is -1.86. The summed E-state index contributed by atoms with van der Waals surface area (Å²) in [4.78, 5) is 0. The standard InChI is InChI=1S/C14H27I3/c15-13-11-9-7-5-3-1-2-4-6-8-10-12-14(16)17/h14H,1-13H2. The fourth-order valence-electron chi connectivity index (χ4n) is 1.98. The highest BCUT2D eigenvalue weighted by Crippen LogP contribution is 2.19. The quantitative estimate of drug-likeness (QED) is 0.123. The van der Waals surface area contributed by atoms with E-state index in [1.807, 2.05) is 0 Å². The van der Waals surface area contributed by atoms with Crippen LogP contribution in [0.2, 0.25) is 0 Å². The Labute approximate surface area is 149 Å². The van der Waals surface area contributed by atoms with Gasteiger partial charge in [-0.2, -0.15) is 0 Å². The number of rotatable bonds is 13. The van der Waals surface area contributed by atoms with E-state index in [1.54, 1.807) is 0 Å². The number of alkyl halides is 3. The summed E-state index contributed by atoms with van der Waals surface area (Å²) in [5, 5.41) is 0. The van der Waals surface area contributed by atoms with Gasteiger partial charge in [-0.3, -0.25) is 0 Å². The van der Waals surface area contributed by atoms with Crippen LogP contribution >= 0.6 is 67.8 Å². The van der Waals surface area contributed by atoms with Crippen molar-refractivity contribution in [3.63, 3.8) is 0 Å². The fourth-order valence-corrected chi connectivity index (χ4v) is 3.40. The van der Waals surface area contributed by atoms with Gasteiger partial charge in [-0.15, -0.1) is 0 Å². The van der Waals surface area contributed by atoms with Crippen LogP contribution in [0.15, 0.2) is 0 Å². The van der Waals surface area contributed by atoms with Gasteiger partial charge in [0.2, 0.25) is 0 Å². The van der Waals surface area contributed by atoms with E-state index >= 15 is 0 Å². The van der Waals surface area contributed by atoms with Crippen LogP contribution in [0, 0.1) is 0 Å². The molecular weight excluding hydrogens is 549 g/mol. The molecule has 0 N–H and O–H groups in total. The molecule has 0 heterocycles. The third-order valence-electron chi connectivity index (χ3n) is 3.06. The van der Waals surface area contributed by atoms with E-state index in [-0.39, 0.29) is 0 Å². The molecule has 17 heavy (non-hydrogen) atoms. The van der Waals surface area contributed by atoms with Gasteiger partial charge >= 0.3 is 0 Å². The van der Waals surface area contributed by atoms with E-state index in [1.165, 1.54) is 81.5 Å². The first-order chi connectivity index (χ1) is 8.27. The van der Waals surface area contributed by atoms with E-state index in [9.17, 15) is 0 Å². The van der Waals surface area contributed by atoms with E-state index in [0.717, 1.165) is 1.93 Å². The molecule has 0 aliphatic carbocycles. The van der Waals surface area contributed by atoms with Crippen molar-refractivity contribution in [2.24, 2.45) is 0 Å². The van der Waals surface area contributed by atoms with Crippen LogP contribution in [-0.4, -0.2) is 6.36 Å². The summed E-state index contributed by atoms with van der Waals surface area (Å²) < 4.78 is 2.18. The van der Waals surface area contributed by atoms with Crippen LogP contribution in [0.1, 0.15) is 77.0 Å². The van der Waals surface area contributed by atoms with Crippen LogP contribution in [0.5, 0.6) is 0 Å². The summed E-state index contributed by atoms with van der Waals surface area (Å²) in [6.07, 6.45) is 17.5. The third kappa shape index (κ3) is 18.2. The second kappa shape index (κ2) is 16.2. The molecule has 0 spiro atoms. The lowest BCUT2D eigenvalue weighted by molar-refractivity contribution is 0.549. The monoisotopic (exact) mass is 576 g/mol. The number of hydrogen-bond donors (Lipinski definition) is 0. The van der Waals surface area contributed by atoms with Gasteiger partial charge in [-0.25, -0.2) is 0 Å². The molecule has 0 bridgehead atoms. The first kappa shape index (κ1) is 19.2. The SMILES string of the molecule is ICCCCCCCCCCCCCC(I)I. The van der Waals surface area contributed by atoms with Gasteiger partial charge < -0.3 is 0 Å². The molecule has 0 fully saturated rings. The highest BCUT2D eigenvalue weighted by Gasteiger charge is 1.97. The first-order valence-electron chi connectivity index (χ1n) is 7.11. The molecule has 0 saturated carbocycles. The molecule has 0 aromatic carbocycles. The average molecular weight is 576 g/mol. The van der Waals surface area contributed by atoms with Crippen molar-refractivity contribution in [1.82, 2.24) is 0 Å². The third-order valence-corrected chi connectivity index (χ3v) is 5.06. The van der Waals surface area contributed by atoms with E-state index in [2.05, 4.69) is 67.8 Å². The molecule has 0 aromatic heterocycles. The Morgan fingerprint density at radius 2 is 0.882 bits per heavy atom. The second-order valence-corrected chi connectivity index (χ2v) is 11.2. The molecule has 0 aliphatic rings. The van der Waals surface area contributed by atoms with Crippen molar-refractivity contribution < 1.29 is 0 Å².